The van der Waals surface area contributed by atoms with Gasteiger partial charge in [0.15, 0.2) is 11.4 Å². The van der Waals surface area contributed by atoms with Crippen molar-refractivity contribution in [2.45, 2.75) is 6.92 Å². The second-order valence-corrected chi connectivity index (χ2v) is 3.53. The number of carbonyl (C=O) groups excluding carboxylic acids is 1. The van der Waals surface area contributed by atoms with Crippen LogP contribution in [0, 0.1) is 0 Å². The van der Waals surface area contributed by atoms with Gasteiger partial charge in [-0.3, -0.25) is 0 Å². The van der Waals surface area contributed by atoms with E-state index in [-0.39, 0.29) is 17.3 Å². The summed E-state index contributed by atoms with van der Waals surface area (Å²) in [5, 5.41) is 4.28. The Balaban J connectivity index is 2.60. The van der Waals surface area contributed by atoms with Crippen LogP contribution in [0.5, 0.6) is 5.75 Å². The maximum absolute atomic E-state index is 11.7. The molecule has 0 amide bonds. The first-order valence-corrected chi connectivity index (χ1v) is 5.30. The second kappa shape index (κ2) is 4.58. The predicted octanol–water partition coefficient (Wildman–Crippen LogP) is 1.57. The van der Waals surface area contributed by atoms with Crippen molar-refractivity contribution in [3.63, 3.8) is 0 Å². The zero-order chi connectivity index (χ0) is 12.4. The molecule has 0 aromatic carbocycles. The lowest BCUT2D eigenvalue weighted by Gasteiger charge is -2.07. The molecular weight excluding hydrogens is 246 g/mol. The van der Waals surface area contributed by atoms with Gasteiger partial charge in [-0.2, -0.15) is 5.10 Å². The van der Waals surface area contributed by atoms with Gasteiger partial charge in [-0.1, -0.05) is 11.6 Å². The molecule has 0 aliphatic rings. The summed E-state index contributed by atoms with van der Waals surface area (Å²) < 4.78 is 11.5. The van der Waals surface area contributed by atoms with Crippen molar-refractivity contribution in [1.82, 2.24) is 14.6 Å². The zero-order valence-corrected chi connectivity index (χ0v) is 10.1. The fraction of sp³-hybridized carbons (Fsp3) is 0.300. The van der Waals surface area contributed by atoms with Crippen LogP contribution >= 0.6 is 11.6 Å². The van der Waals surface area contributed by atoms with Crippen LogP contribution in [0.4, 0.5) is 0 Å². The van der Waals surface area contributed by atoms with E-state index in [0.717, 1.165) is 0 Å². The van der Waals surface area contributed by atoms with Crippen LogP contribution in [0.1, 0.15) is 17.3 Å². The second-order valence-electron chi connectivity index (χ2n) is 3.14. The highest BCUT2D eigenvalue weighted by atomic mass is 35.5. The van der Waals surface area contributed by atoms with Crippen LogP contribution in [0.25, 0.3) is 5.65 Å². The van der Waals surface area contributed by atoms with Crippen LogP contribution in [0.3, 0.4) is 0 Å². The SMILES string of the molecule is CCOC(=O)c1cnn2cc(Cl)nc2c1OC. The lowest BCUT2D eigenvalue weighted by Crippen LogP contribution is -2.09. The van der Waals surface area contributed by atoms with Crippen molar-refractivity contribution in [2.75, 3.05) is 13.7 Å². The lowest BCUT2D eigenvalue weighted by atomic mass is 10.3. The topological polar surface area (TPSA) is 65.7 Å². The molecule has 0 radical (unpaired) electrons. The molecule has 0 bridgehead atoms. The quantitative estimate of drug-likeness (QED) is 0.779. The van der Waals surface area contributed by atoms with Crippen LogP contribution in [-0.4, -0.2) is 34.3 Å². The first-order valence-electron chi connectivity index (χ1n) is 4.92. The fourth-order valence-corrected chi connectivity index (χ4v) is 1.61. The van der Waals surface area contributed by atoms with Gasteiger partial charge in [0.05, 0.1) is 26.1 Å². The molecule has 90 valence electrons. The summed E-state index contributed by atoms with van der Waals surface area (Å²) in [6, 6.07) is 0. The molecule has 0 atom stereocenters. The van der Waals surface area contributed by atoms with Crippen LogP contribution in [0.2, 0.25) is 5.15 Å². The van der Waals surface area contributed by atoms with Gasteiger partial charge in [-0.05, 0) is 6.92 Å². The molecule has 0 aliphatic carbocycles. The van der Waals surface area contributed by atoms with Crippen molar-refractivity contribution >= 4 is 23.2 Å². The van der Waals surface area contributed by atoms with Crippen LogP contribution in [0.15, 0.2) is 12.4 Å². The Kier molecular flexibility index (Phi) is 3.14. The Morgan fingerprint density at radius 1 is 1.59 bits per heavy atom. The molecule has 0 saturated carbocycles. The third kappa shape index (κ3) is 2.03. The van der Waals surface area contributed by atoms with Gasteiger partial charge >= 0.3 is 5.97 Å². The maximum atomic E-state index is 11.7. The molecule has 2 heterocycles. The molecule has 0 fully saturated rings. The Labute approximate surface area is 102 Å². The summed E-state index contributed by atoms with van der Waals surface area (Å²) >= 11 is 5.76. The molecule has 0 N–H and O–H groups in total. The number of rotatable bonds is 3. The van der Waals surface area contributed by atoms with Gasteiger partial charge in [-0.15, -0.1) is 0 Å². The van der Waals surface area contributed by atoms with E-state index in [1.807, 2.05) is 0 Å². The van der Waals surface area contributed by atoms with Crippen molar-refractivity contribution in [2.24, 2.45) is 0 Å². The van der Waals surface area contributed by atoms with Gasteiger partial charge in [0.25, 0.3) is 0 Å². The lowest BCUT2D eigenvalue weighted by molar-refractivity contribution is 0.0522. The number of hydrogen-bond donors (Lipinski definition) is 0. The number of fused-ring (bicyclic) bond motifs is 1. The molecule has 2 aromatic heterocycles. The normalized spacial score (nSPS) is 10.5. The molecule has 2 aromatic rings. The third-order valence-corrected chi connectivity index (χ3v) is 2.30. The van der Waals surface area contributed by atoms with E-state index in [2.05, 4.69) is 10.1 Å². The van der Waals surface area contributed by atoms with Gasteiger partial charge in [0.1, 0.15) is 10.7 Å². The summed E-state index contributed by atoms with van der Waals surface area (Å²) in [5.41, 5.74) is 0.604. The minimum atomic E-state index is -0.501. The number of ether oxygens (including phenoxy) is 2. The Hall–Kier alpha value is -1.82. The molecule has 0 aliphatic heterocycles. The Bertz CT molecular complexity index is 567. The number of halogens is 1. The molecule has 0 unspecified atom stereocenters. The van der Waals surface area contributed by atoms with Crippen LogP contribution in [-0.2, 0) is 4.74 Å². The van der Waals surface area contributed by atoms with E-state index in [9.17, 15) is 4.79 Å². The van der Waals surface area contributed by atoms with Gasteiger partial charge < -0.3 is 9.47 Å². The standard InChI is InChI=1S/C10H10ClN3O3/c1-3-17-10(15)6-4-12-14-5-7(11)13-9(14)8(6)16-2/h4-5H,3H2,1-2H3. The summed E-state index contributed by atoms with van der Waals surface area (Å²) in [6.45, 7) is 2.01. The average molecular weight is 256 g/mol. The van der Waals surface area contributed by atoms with Crippen molar-refractivity contribution in [3.8, 4) is 5.75 Å². The molecule has 7 heteroatoms. The van der Waals surface area contributed by atoms with Crippen molar-refractivity contribution in [1.29, 1.82) is 0 Å². The van der Waals surface area contributed by atoms with Gasteiger partial charge in [0.2, 0.25) is 0 Å². The van der Waals surface area contributed by atoms with Crippen molar-refractivity contribution in [3.05, 3.63) is 23.1 Å². The minimum absolute atomic E-state index is 0.226. The highest BCUT2D eigenvalue weighted by molar-refractivity contribution is 6.29. The summed E-state index contributed by atoms with van der Waals surface area (Å²) in [5.74, 6) is -0.205. The fourth-order valence-electron chi connectivity index (χ4n) is 1.44. The molecule has 0 saturated heterocycles. The average Bonchev–Trinajstić information content (AvgIpc) is 2.68. The van der Waals surface area contributed by atoms with E-state index in [0.29, 0.717) is 11.4 Å². The van der Waals surface area contributed by atoms with Crippen molar-refractivity contribution < 1.29 is 14.3 Å². The minimum Gasteiger partial charge on any atom is -0.492 e. The molecule has 17 heavy (non-hydrogen) atoms. The van der Waals surface area contributed by atoms with E-state index < -0.39 is 5.97 Å². The van der Waals surface area contributed by atoms with Crippen LogP contribution < -0.4 is 4.74 Å². The highest BCUT2D eigenvalue weighted by Gasteiger charge is 2.19. The number of esters is 1. The predicted molar refractivity (Wildman–Crippen MR) is 60.5 cm³/mol. The summed E-state index contributed by atoms with van der Waals surface area (Å²) in [6.07, 6.45) is 2.89. The van der Waals surface area contributed by atoms with E-state index in [4.69, 9.17) is 21.1 Å². The monoisotopic (exact) mass is 255 g/mol. The third-order valence-electron chi connectivity index (χ3n) is 2.12. The van der Waals surface area contributed by atoms with E-state index >= 15 is 0 Å². The summed E-state index contributed by atoms with van der Waals surface area (Å²) in [4.78, 5) is 15.7. The van der Waals surface area contributed by atoms with Gasteiger partial charge in [0, 0.05) is 0 Å². The highest BCUT2D eigenvalue weighted by Crippen LogP contribution is 2.24. The smallest absolute Gasteiger partial charge is 0.343 e. The molecule has 2 rings (SSSR count). The van der Waals surface area contributed by atoms with E-state index in [1.54, 1.807) is 6.92 Å². The number of imidazole rings is 1. The van der Waals surface area contributed by atoms with Gasteiger partial charge in [-0.25, -0.2) is 14.3 Å². The Morgan fingerprint density at radius 3 is 3.00 bits per heavy atom. The molecule has 0 spiro atoms. The van der Waals surface area contributed by atoms with E-state index in [1.165, 1.54) is 24.0 Å². The number of aromatic nitrogens is 3. The number of nitrogens with zero attached hydrogens (tertiary/aromatic N) is 3. The largest absolute Gasteiger partial charge is 0.492 e. The molecule has 6 nitrogen and oxygen atoms in total. The first-order chi connectivity index (χ1) is 8.17. The summed E-state index contributed by atoms with van der Waals surface area (Å²) in [7, 11) is 1.45. The first kappa shape index (κ1) is 11.7. The Morgan fingerprint density at radius 2 is 2.35 bits per heavy atom. The molecular formula is C10H10ClN3O3. The maximum Gasteiger partial charge on any atom is 0.343 e. The zero-order valence-electron chi connectivity index (χ0n) is 9.31. The number of hydrogen-bond acceptors (Lipinski definition) is 5. The number of carbonyl (C=O) groups is 1. The number of methoxy groups -OCH3 is 1.